The molecule has 3 aromatic rings. The molecule has 3 N–H and O–H groups in total. The first-order chi connectivity index (χ1) is 14.6. The first-order valence-electron chi connectivity index (χ1n) is 10.2. The summed E-state index contributed by atoms with van der Waals surface area (Å²) in [6, 6.07) is 13.6. The fourth-order valence-electron chi connectivity index (χ4n) is 3.69. The second kappa shape index (κ2) is 9.15. The Morgan fingerprint density at radius 1 is 1.13 bits per heavy atom. The minimum Gasteiger partial charge on any atom is -0.388 e. The summed E-state index contributed by atoms with van der Waals surface area (Å²) >= 11 is 0. The SMILES string of the molecule is O=C(Nc1ccccc1CCc1ccccn1)c1cn(CC2(O)CCNCC2)nn1. The number of rotatable bonds is 7. The van der Waals surface area contributed by atoms with Gasteiger partial charge in [-0.25, -0.2) is 4.68 Å². The van der Waals surface area contributed by atoms with Gasteiger partial charge in [0.1, 0.15) is 0 Å². The first kappa shape index (κ1) is 20.2. The number of nitrogens with one attached hydrogen (secondary N) is 2. The van der Waals surface area contributed by atoms with Crippen LogP contribution >= 0.6 is 0 Å². The lowest BCUT2D eigenvalue weighted by atomic mass is 9.92. The van der Waals surface area contributed by atoms with Crippen LogP contribution < -0.4 is 10.6 Å². The van der Waals surface area contributed by atoms with E-state index in [1.54, 1.807) is 17.1 Å². The average molecular weight is 406 g/mol. The second-order valence-corrected chi connectivity index (χ2v) is 7.71. The summed E-state index contributed by atoms with van der Waals surface area (Å²) in [7, 11) is 0. The van der Waals surface area contributed by atoms with E-state index in [1.165, 1.54) is 0 Å². The van der Waals surface area contributed by atoms with Crippen LogP contribution in [0, 0.1) is 0 Å². The van der Waals surface area contributed by atoms with Crippen molar-refractivity contribution in [3.63, 3.8) is 0 Å². The summed E-state index contributed by atoms with van der Waals surface area (Å²) in [5.74, 6) is -0.316. The van der Waals surface area contributed by atoms with Gasteiger partial charge in [-0.2, -0.15) is 0 Å². The van der Waals surface area contributed by atoms with Gasteiger partial charge in [0, 0.05) is 17.6 Å². The molecular weight excluding hydrogens is 380 g/mol. The number of aromatic nitrogens is 4. The number of pyridine rings is 1. The van der Waals surface area contributed by atoms with Gasteiger partial charge in [0.25, 0.3) is 5.91 Å². The zero-order valence-corrected chi connectivity index (χ0v) is 16.8. The summed E-state index contributed by atoms with van der Waals surface area (Å²) in [5.41, 5.74) is 2.22. The Balaban J connectivity index is 1.40. The highest BCUT2D eigenvalue weighted by atomic mass is 16.3. The standard InChI is InChI=1S/C22H26N6O2/c29-21(20-15-28(27-26-20)16-22(30)10-13-23-14-11-22)25-19-7-2-1-5-17(19)8-9-18-6-3-4-12-24-18/h1-7,12,15,23,30H,8-11,13-14,16H2,(H,25,29). The summed E-state index contributed by atoms with van der Waals surface area (Å²) in [6.07, 6.45) is 6.23. The van der Waals surface area contributed by atoms with Gasteiger partial charge < -0.3 is 15.7 Å². The molecule has 1 fully saturated rings. The van der Waals surface area contributed by atoms with Crippen molar-refractivity contribution in [3.05, 3.63) is 71.8 Å². The molecule has 3 heterocycles. The molecule has 156 valence electrons. The van der Waals surface area contributed by atoms with Gasteiger partial charge in [0.05, 0.1) is 18.3 Å². The van der Waals surface area contributed by atoms with Crippen molar-refractivity contribution in [1.82, 2.24) is 25.3 Å². The summed E-state index contributed by atoms with van der Waals surface area (Å²) in [4.78, 5) is 17.1. The molecule has 4 rings (SSSR count). The lowest BCUT2D eigenvalue weighted by Crippen LogP contribution is -2.44. The molecule has 2 aromatic heterocycles. The number of aliphatic hydroxyl groups is 1. The van der Waals surface area contributed by atoms with E-state index in [4.69, 9.17) is 0 Å². The number of hydrogen-bond acceptors (Lipinski definition) is 6. The number of para-hydroxylation sites is 1. The molecule has 1 saturated heterocycles. The molecule has 0 atom stereocenters. The number of aryl methyl sites for hydroxylation is 2. The lowest BCUT2D eigenvalue weighted by Gasteiger charge is -2.32. The molecule has 0 saturated carbocycles. The van der Waals surface area contributed by atoms with Crippen molar-refractivity contribution in [3.8, 4) is 0 Å². The number of hydrogen-bond donors (Lipinski definition) is 3. The van der Waals surface area contributed by atoms with Gasteiger partial charge >= 0.3 is 0 Å². The topological polar surface area (TPSA) is 105 Å². The van der Waals surface area contributed by atoms with Crippen LogP contribution in [0.15, 0.2) is 54.9 Å². The fourth-order valence-corrected chi connectivity index (χ4v) is 3.69. The van der Waals surface area contributed by atoms with Crippen molar-refractivity contribution in [2.75, 3.05) is 18.4 Å². The minimum absolute atomic E-state index is 0.229. The average Bonchev–Trinajstić information content (AvgIpc) is 3.22. The van der Waals surface area contributed by atoms with Gasteiger partial charge in [-0.15, -0.1) is 5.10 Å². The molecule has 0 bridgehead atoms. The van der Waals surface area contributed by atoms with E-state index in [9.17, 15) is 9.90 Å². The predicted octanol–water partition coefficient (Wildman–Crippen LogP) is 1.83. The van der Waals surface area contributed by atoms with Crippen molar-refractivity contribution >= 4 is 11.6 Å². The molecule has 0 spiro atoms. The van der Waals surface area contributed by atoms with Gasteiger partial charge in [-0.05, 0) is 62.5 Å². The van der Waals surface area contributed by atoms with E-state index in [0.29, 0.717) is 19.4 Å². The van der Waals surface area contributed by atoms with Crippen molar-refractivity contribution in [1.29, 1.82) is 0 Å². The maximum Gasteiger partial charge on any atom is 0.277 e. The zero-order chi connectivity index (χ0) is 20.8. The van der Waals surface area contributed by atoms with Crippen LogP contribution in [0.3, 0.4) is 0 Å². The van der Waals surface area contributed by atoms with Crippen LogP contribution in [0.4, 0.5) is 5.69 Å². The number of benzene rings is 1. The molecular formula is C22H26N6O2. The second-order valence-electron chi connectivity index (χ2n) is 7.71. The van der Waals surface area contributed by atoms with Crippen LogP contribution in [0.5, 0.6) is 0 Å². The van der Waals surface area contributed by atoms with E-state index in [1.807, 2.05) is 42.5 Å². The van der Waals surface area contributed by atoms with Crippen molar-refractivity contribution in [2.45, 2.75) is 37.8 Å². The minimum atomic E-state index is -0.815. The maximum atomic E-state index is 12.7. The monoisotopic (exact) mass is 406 g/mol. The molecule has 0 aliphatic carbocycles. The lowest BCUT2D eigenvalue weighted by molar-refractivity contribution is -0.00866. The van der Waals surface area contributed by atoms with Gasteiger partial charge in [0.15, 0.2) is 5.69 Å². The Hall–Kier alpha value is -3.10. The van der Waals surface area contributed by atoms with E-state index < -0.39 is 5.60 Å². The molecule has 0 unspecified atom stereocenters. The van der Waals surface area contributed by atoms with Crippen LogP contribution in [0.2, 0.25) is 0 Å². The Morgan fingerprint density at radius 2 is 1.93 bits per heavy atom. The molecule has 8 nitrogen and oxygen atoms in total. The number of nitrogens with zero attached hydrogens (tertiary/aromatic N) is 4. The quantitative estimate of drug-likeness (QED) is 0.553. The third-order valence-electron chi connectivity index (χ3n) is 5.40. The smallest absolute Gasteiger partial charge is 0.277 e. The van der Waals surface area contributed by atoms with Gasteiger partial charge in [-0.3, -0.25) is 9.78 Å². The maximum absolute atomic E-state index is 12.7. The Labute approximate surface area is 175 Å². The van der Waals surface area contributed by atoms with E-state index in [-0.39, 0.29) is 11.6 Å². The number of carbonyl (C=O) groups excluding carboxylic acids is 1. The van der Waals surface area contributed by atoms with Gasteiger partial charge in [0.2, 0.25) is 0 Å². The summed E-state index contributed by atoms with van der Waals surface area (Å²) in [6.45, 7) is 1.87. The van der Waals surface area contributed by atoms with Gasteiger partial charge in [-0.1, -0.05) is 29.5 Å². The number of anilines is 1. The molecule has 1 aromatic carbocycles. The number of piperidine rings is 1. The van der Waals surface area contributed by atoms with Crippen LogP contribution in [-0.2, 0) is 19.4 Å². The zero-order valence-electron chi connectivity index (χ0n) is 16.8. The van der Waals surface area contributed by atoms with E-state index in [2.05, 4.69) is 25.9 Å². The van der Waals surface area contributed by atoms with Crippen LogP contribution in [0.1, 0.15) is 34.6 Å². The molecule has 1 amide bonds. The Bertz CT molecular complexity index is 982. The predicted molar refractivity (Wildman–Crippen MR) is 113 cm³/mol. The Kier molecular flexibility index (Phi) is 6.15. The number of amides is 1. The highest BCUT2D eigenvalue weighted by Gasteiger charge is 2.30. The summed E-state index contributed by atoms with van der Waals surface area (Å²) in [5, 5.41) is 24.9. The van der Waals surface area contributed by atoms with Crippen molar-refractivity contribution < 1.29 is 9.90 Å². The molecule has 8 heteroatoms. The first-order valence-corrected chi connectivity index (χ1v) is 10.2. The summed E-state index contributed by atoms with van der Waals surface area (Å²) < 4.78 is 1.55. The van der Waals surface area contributed by atoms with E-state index in [0.717, 1.165) is 42.9 Å². The highest BCUT2D eigenvalue weighted by Crippen LogP contribution is 2.21. The van der Waals surface area contributed by atoms with Crippen LogP contribution in [-0.4, -0.2) is 49.7 Å². The molecule has 1 aliphatic heterocycles. The van der Waals surface area contributed by atoms with Crippen LogP contribution in [0.25, 0.3) is 0 Å². The Morgan fingerprint density at radius 3 is 2.73 bits per heavy atom. The largest absolute Gasteiger partial charge is 0.388 e. The fraction of sp³-hybridized carbons (Fsp3) is 0.364. The van der Waals surface area contributed by atoms with E-state index >= 15 is 0 Å². The highest BCUT2D eigenvalue weighted by molar-refractivity contribution is 6.03. The normalized spacial score (nSPS) is 15.6. The number of carbonyl (C=O) groups is 1. The third kappa shape index (κ3) is 5.08. The third-order valence-corrected chi connectivity index (χ3v) is 5.40. The molecule has 30 heavy (non-hydrogen) atoms. The molecule has 1 aliphatic rings. The van der Waals surface area contributed by atoms with Crippen molar-refractivity contribution in [2.24, 2.45) is 0 Å². The molecule has 0 radical (unpaired) electrons.